The molecule has 0 aliphatic heterocycles. The van der Waals surface area contributed by atoms with Crippen LogP contribution in [0.2, 0.25) is 0 Å². The molecule has 64 valence electrons. The van der Waals surface area contributed by atoms with Crippen LogP contribution in [0.25, 0.3) is 6.08 Å². The molecule has 1 rings (SSSR count). The summed E-state index contributed by atoms with van der Waals surface area (Å²) in [7, 11) is 0. The Labute approximate surface area is 70.3 Å². The van der Waals surface area contributed by atoms with Gasteiger partial charge in [-0.3, -0.25) is 4.79 Å². The molecule has 0 aliphatic carbocycles. The summed E-state index contributed by atoms with van der Waals surface area (Å²) in [6.07, 6.45) is 4.68. The molecule has 1 heterocycles. The van der Waals surface area contributed by atoms with Crippen molar-refractivity contribution in [1.82, 2.24) is 0 Å². The highest BCUT2D eigenvalue weighted by Crippen LogP contribution is 2.02. The second kappa shape index (κ2) is 4.51. The minimum absolute atomic E-state index is 0.103. The molecule has 0 spiro atoms. The summed E-state index contributed by atoms with van der Waals surface area (Å²) in [6.45, 7) is -0.110. The molecular formula is C9H10O3. The molecule has 0 aliphatic rings. The average molecular weight is 166 g/mol. The summed E-state index contributed by atoms with van der Waals surface area (Å²) in [5.74, 6) is 0.537. The van der Waals surface area contributed by atoms with Crippen molar-refractivity contribution in [1.29, 1.82) is 0 Å². The standard InChI is InChI=1S/C9H10O3/c10-6-5-8(11)3-4-9-2-1-7-12-9/h1-4,7,10H,5-6H2. The fourth-order valence-electron chi connectivity index (χ4n) is 0.755. The molecule has 3 nitrogen and oxygen atoms in total. The molecule has 0 aromatic carbocycles. The first kappa shape index (κ1) is 8.74. The Morgan fingerprint density at radius 2 is 2.50 bits per heavy atom. The molecule has 0 fully saturated rings. The summed E-state index contributed by atoms with van der Waals surface area (Å²) >= 11 is 0. The smallest absolute Gasteiger partial charge is 0.158 e. The van der Waals surface area contributed by atoms with Gasteiger partial charge in [-0.25, -0.2) is 0 Å². The predicted octanol–water partition coefficient (Wildman–Crippen LogP) is 1.24. The second-order valence-electron chi connectivity index (χ2n) is 2.29. The van der Waals surface area contributed by atoms with Crippen LogP contribution < -0.4 is 0 Å². The van der Waals surface area contributed by atoms with Crippen LogP contribution >= 0.6 is 0 Å². The average Bonchev–Trinajstić information content (AvgIpc) is 2.53. The van der Waals surface area contributed by atoms with E-state index < -0.39 is 0 Å². The molecule has 0 radical (unpaired) electrons. The number of ketones is 1. The molecule has 12 heavy (non-hydrogen) atoms. The number of furan rings is 1. The molecule has 0 atom stereocenters. The SMILES string of the molecule is O=C(C=Cc1ccco1)CCO. The molecule has 0 saturated heterocycles. The topological polar surface area (TPSA) is 50.4 Å². The van der Waals surface area contributed by atoms with Gasteiger partial charge in [0.2, 0.25) is 0 Å². The van der Waals surface area contributed by atoms with Crippen LogP contribution in [0, 0.1) is 0 Å². The van der Waals surface area contributed by atoms with Crippen LogP contribution in [-0.2, 0) is 4.79 Å². The van der Waals surface area contributed by atoms with Crippen molar-refractivity contribution in [2.24, 2.45) is 0 Å². The van der Waals surface area contributed by atoms with Crippen LogP contribution in [0.1, 0.15) is 12.2 Å². The van der Waals surface area contributed by atoms with Crippen LogP contribution in [-0.4, -0.2) is 17.5 Å². The maximum absolute atomic E-state index is 10.8. The van der Waals surface area contributed by atoms with Gasteiger partial charge in [0.15, 0.2) is 5.78 Å². The third-order valence-corrected chi connectivity index (χ3v) is 1.33. The Morgan fingerprint density at radius 3 is 3.08 bits per heavy atom. The van der Waals surface area contributed by atoms with Gasteiger partial charge in [-0.05, 0) is 24.3 Å². The van der Waals surface area contributed by atoms with E-state index in [-0.39, 0.29) is 18.8 Å². The van der Waals surface area contributed by atoms with Crippen LogP contribution in [0.4, 0.5) is 0 Å². The van der Waals surface area contributed by atoms with Gasteiger partial charge in [0, 0.05) is 6.42 Å². The number of aliphatic hydroxyl groups is 1. The molecular weight excluding hydrogens is 156 g/mol. The maximum atomic E-state index is 10.8. The van der Waals surface area contributed by atoms with E-state index in [0.717, 1.165) is 0 Å². The zero-order valence-electron chi connectivity index (χ0n) is 6.56. The van der Waals surface area contributed by atoms with Crippen molar-refractivity contribution in [3.63, 3.8) is 0 Å². The Morgan fingerprint density at radius 1 is 1.67 bits per heavy atom. The number of carbonyl (C=O) groups is 1. The van der Waals surface area contributed by atoms with E-state index >= 15 is 0 Å². The lowest BCUT2D eigenvalue weighted by atomic mass is 10.2. The normalized spacial score (nSPS) is 10.8. The van der Waals surface area contributed by atoms with Crippen molar-refractivity contribution < 1.29 is 14.3 Å². The van der Waals surface area contributed by atoms with Crippen LogP contribution in [0.5, 0.6) is 0 Å². The fraction of sp³-hybridized carbons (Fsp3) is 0.222. The van der Waals surface area contributed by atoms with E-state index in [0.29, 0.717) is 5.76 Å². The number of aliphatic hydroxyl groups excluding tert-OH is 1. The molecule has 0 unspecified atom stereocenters. The first-order valence-corrected chi connectivity index (χ1v) is 3.68. The van der Waals surface area contributed by atoms with Gasteiger partial charge < -0.3 is 9.52 Å². The third-order valence-electron chi connectivity index (χ3n) is 1.33. The summed E-state index contributed by atoms with van der Waals surface area (Å²) in [5, 5.41) is 8.42. The van der Waals surface area contributed by atoms with Gasteiger partial charge in [0.25, 0.3) is 0 Å². The molecule has 3 heteroatoms. The van der Waals surface area contributed by atoms with E-state index in [1.54, 1.807) is 18.2 Å². The summed E-state index contributed by atoms with van der Waals surface area (Å²) in [4.78, 5) is 10.8. The van der Waals surface area contributed by atoms with Gasteiger partial charge in [-0.2, -0.15) is 0 Å². The summed E-state index contributed by atoms with van der Waals surface area (Å²) in [5.41, 5.74) is 0. The molecule has 0 saturated carbocycles. The minimum atomic E-state index is -0.110. The van der Waals surface area contributed by atoms with E-state index in [9.17, 15) is 4.79 Å². The first-order chi connectivity index (χ1) is 5.83. The van der Waals surface area contributed by atoms with Gasteiger partial charge in [0.1, 0.15) is 5.76 Å². The Bertz CT molecular complexity index is 259. The highest BCUT2D eigenvalue weighted by atomic mass is 16.3. The molecule has 1 N–H and O–H groups in total. The maximum Gasteiger partial charge on any atom is 0.158 e. The number of rotatable bonds is 4. The van der Waals surface area contributed by atoms with Crippen molar-refractivity contribution >= 4 is 11.9 Å². The highest BCUT2D eigenvalue weighted by Gasteiger charge is 1.94. The number of hydrogen-bond acceptors (Lipinski definition) is 3. The number of hydrogen-bond donors (Lipinski definition) is 1. The van der Waals surface area contributed by atoms with E-state index in [1.807, 2.05) is 0 Å². The highest BCUT2D eigenvalue weighted by molar-refractivity contribution is 5.93. The molecule has 1 aromatic heterocycles. The van der Waals surface area contributed by atoms with Gasteiger partial charge in [-0.15, -0.1) is 0 Å². The largest absolute Gasteiger partial charge is 0.465 e. The van der Waals surface area contributed by atoms with Crippen molar-refractivity contribution in [3.8, 4) is 0 Å². The third kappa shape index (κ3) is 2.72. The number of allylic oxidation sites excluding steroid dienone is 1. The monoisotopic (exact) mass is 166 g/mol. The van der Waals surface area contributed by atoms with E-state index in [1.165, 1.54) is 12.3 Å². The Hall–Kier alpha value is -1.35. The zero-order valence-corrected chi connectivity index (χ0v) is 6.56. The quantitative estimate of drug-likeness (QED) is 0.685. The minimum Gasteiger partial charge on any atom is -0.465 e. The van der Waals surface area contributed by atoms with Crippen molar-refractivity contribution in [2.75, 3.05) is 6.61 Å². The van der Waals surface area contributed by atoms with Gasteiger partial charge in [0.05, 0.1) is 12.9 Å². The zero-order chi connectivity index (χ0) is 8.81. The van der Waals surface area contributed by atoms with Gasteiger partial charge >= 0.3 is 0 Å². The van der Waals surface area contributed by atoms with Crippen molar-refractivity contribution in [2.45, 2.75) is 6.42 Å². The summed E-state index contributed by atoms with van der Waals surface area (Å²) in [6, 6.07) is 3.50. The first-order valence-electron chi connectivity index (χ1n) is 3.68. The summed E-state index contributed by atoms with van der Waals surface area (Å²) < 4.78 is 4.96. The fourth-order valence-corrected chi connectivity index (χ4v) is 0.755. The molecule has 0 bridgehead atoms. The van der Waals surface area contributed by atoms with Crippen molar-refractivity contribution in [3.05, 3.63) is 30.2 Å². The lowest BCUT2D eigenvalue weighted by molar-refractivity contribution is -0.115. The van der Waals surface area contributed by atoms with E-state index in [2.05, 4.69) is 0 Å². The molecule has 1 aromatic rings. The van der Waals surface area contributed by atoms with Crippen LogP contribution in [0.15, 0.2) is 28.9 Å². The lowest BCUT2D eigenvalue weighted by Crippen LogP contribution is -1.95. The Kier molecular flexibility index (Phi) is 3.29. The van der Waals surface area contributed by atoms with Gasteiger partial charge in [-0.1, -0.05) is 0 Å². The second-order valence-corrected chi connectivity index (χ2v) is 2.29. The predicted molar refractivity (Wildman–Crippen MR) is 44.5 cm³/mol. The lowest BCUT2D eigenvalue weighted by Gasteiger charge is -1.87. The van der Waals surface area contributed by atoms with Crippen LogP contribution in [0.3, 0.4) is 0 Å². The Balaban J connectivity index is 2.45. The molecule has 0 amide bonds. The van der Waals surface area contributed by atoms with E-state index in [4.69, 9.17) is 9.52 Å². The number of carbonyl (C=O) groups excluding carboxylic acids is 1.